The lowest BCUT2D eigenvalue weighted by atomic mass is 10.1. The molecule has 108 valence electrons. The fraction of sp³-hybridized carbons (Fsp3) is 0.750. The van der Waals surface area contributed by atoms with E-state index in [1.165, 1.54) is 0 Å². The zero-order valence-corrected chi connectivity index (χ0v) is 12.1. The number of hydrogen-bond acceptors (Lipinski definition) is 6. The molecule has 1 atom stereocenters. The van der Waals surface area contributed by atoms with Crippen molar-refractivity contribution in [1.82, 2.24) is 20.2 Å². The number of imidazole rings is 1. The fourth-order valence-corrected chi connectivity index (χ4v) is 2.75. The Morgan fingerprint density at radius 3 is 3.37 bits per heavy atom. The monoisotopic (exact) mass is 286 g/mol. The zero-order valence-electron chi connectivity index (χ0n) is 11.3. The van der Waals surface area contributed by atoms with E-state index in [-0.39, 0.29) is 0 Å². The molecular formula is C12H22N4O2S. The van der Waals surface area contributed by atoms with Crippen molar-refractivity contribution in [3.05, 3.63) is 12.4 Å². The second-order valence-corrected chi connectivity index (χ2v) is 5.86. The van der Waals surface area contributed by atoms with Crippen molar-refractivity contribution >= 4 is 11.8 Å². The summed E-state index contributed by atoms with van der Waals surface area (Å²) in [4.78, 5) is 4.25. The summed E-state index contributed by atoms with van der Waals surface area (Å²) in [6.07, 6.45) is 3.74. The lowest BCUT2D eigenvalue weighted by Gasteiger charge is -2.26. The Kier molecular flexibility index (Phi) is 5.65. The van der Waals surface area contributed by atoms with Gasteiger partial charge < -0.3 is 25.0 Å². The molecule has 1 aromatic rings. The molecule has 0 spiro atoms. The van der Waals surface area contributed by atoms with E-state index in [9.17, 15) is 5.11 Å². The predicted octanol–water partition coefficient (Wildman–Crippen LogP) is -0.547. The van der Waals surface area contributed by atoms with Crippen molar-refractivity contribution in [2.24, 2.45) is 7.05 Å². The lowest BCUT2D eigenvalue weighted by Crippen LogP contribution is -2.50. The number of β-amino-alcohol motifs (C(OH)–C–C–N with tert-alkyl or cyclic N) is 1. The highest BCUT2D eigenvalue weighted by Gasteiger charge is 2.28. The molecule has 0 saturated carbocycles. The van der Waals surface area contributed by atoms with Crippen LogP contribution in [0.3, 0.4) is 0 Å². The summed E-state index contributed by atoms with van der Waals surface area (Å²) in [6.45, 7) is 3.81. The van der Waals surface area contributed by atoms with Gasteiger partial charge in [-0.15, -0.1) is 0 Å². The summed E-state index contributed by atoms with van der Waals surface area (Å²) in [6, 6.07) is 0. The highest BCUT2D eigenvalue weighted by Crippen LogP contribution is 2.13. The van der Waals surface area contributed by atoms with E-state index in [0.29, 0.717) is 26.3 Å². The van der Waals surface area contributed by atoms with Crippen LogP contribution in [0.4, 0.5) is 0 Å². The number of nitrogens with one attached hydrogen (secondary N) is 2. The number of nitrogens with zero attached hydrogens (tertiary/aromatic N) is 2. The van der Waals surface area contributed by atoms with Gasteiger partial charge in [-0.05, 0) is 0 Å². The maximum Gasteiger partial charge on any atom is 0.167 e. The number of thioether (sulfide) groups is 1. The maximum absolute atomic E-state index is 10.3. The summed E-state index contributed by atoms with van der Waals surface area (Å²) in [5.41, 5.74) is -0.801. The van der Waals surface area contributed by atoms with Crippen molar-refractivity contribution in [2.45, 2.75) is 10.8 Å². The number of aliphatic hydroxyl groups is 1. The van der Waals surface area contributed by atoms with E-state index < -0.39 is 5.60 Å². The molecule has 1 unspecified atom stereocenters. The zero-order chi connectivity index (χ0) is 13.6. The third kappa shape index (κ3) is 4.77. The molecule has 1 saturated heterocycles. The minimum Gasteiger partial charge on any atom is -0.385 e. The highest BCUT2D eigenvalue weighted by molar-refractivity contribution is 7.99. The van der Waals surface area contributed by atoms with E-state index in [2.05, 4.69) is 15.6 Å². The standard InChI is InChI=1S/C12H22N4O2S/c1-16-5-2-15-11(16)19-7-4-14-9-12(17)8-13-3-6-18-10-12/h2,5,13-14,17H,3-4,6-10H2,1H3. The Morgan fingerprint density at radius 1 is 1.68 bits per heavy atom. The second kappa shape index (κ2) is 7.25. The third-order valence-electron chi connectivity index (χ3n) is 2.99. The second-order valence-electron chi connectivity index (χ2n) is 4.80. The third-order valence-corrected chi connectivity index (χ3v) is 4.05. The predicted molar refractivity (Wildman–Crippen MR) is 75.4 cm³/mol. The van der Waals surface area contributed by atoms with Crippen LogP contribution in [-0.4, -0.2) is 65.4 Å². The largest absolute Gasteiger partial charge is 0.385 e. The number of hydrogen-bond donors (Lipinski definition) is 3. The van der Waals surface area contributed by atoms with Crippen molar-refractivity contribution < 1.29 is 9.84 Å². The molecule has 0 amide bonds. The number of aromatic nitrogens is 2. The molecule has 19 heavy (non-hydrogen) atoms. The smallest absolute Gasteiger partial charge is 0.167 e. The number of rotatable bonds is 6. The van der Waals surface area contributed by atoms with Gasteiger partial charge in [-0.3, -0.25) is 0 Å². The van der Waals surface area contributed by atoms with Crippen LogP contribution < -0.4 is 10.6 Å². The van der Waals surface area contributed by atoms with Crippen molar-refractivity contribution in [2.75, 3.05) is 45.1 Å². The SMILES string of the molecule is Cn1ccnc1SCCNCC1(O)CNCCOC1. The van der Waals surface area contributed by atoms with Gasteiger partial charge in [-0.1, -0.05) is 11.8 Å². The lowest BCUT2D eigenvalue weighted by molar-refractivity contribution is -0.0258. The molecule has 0 bridgehead atoms. The van der Waals surface area contributed by atoms with Crippen molar-refractivity contribution in [1.29, 1.82) is 0 Å². The highest BCUT2D eigenvalue weighted by atomic mass is 32.2. The fourth-order valence-electron chi connectivity index (χ4n) is 1.92. The molecule has 1 aliphatic rings. The molecule has 3 N–H and O–H groups in total. The Hall–Kier alpha value is -0.600. The normalized spacial score (nSPS) is 24.3. The molecule has 0 aliphatic carbocycles. The van der Waals surface area contributed by atoms with Crippen LogP contribution in [0.5, 0.6) is 0 Å². The first kappa shape index (κ1) is 14.8. The van der Waals surface area contributed by atoms with Gasteiger partial charge in [0.1, 0.15) is 5.60 Å². The van der Waals surface area contributed by atoms with Crippen LogP contribution >= 0.6 is 11.8 Å². The summed E-state index contributed by atoms with van der Waals surface area (Å²) in [7, 11) is 1.99. The molecular weight excluding hydrogens is 264 g/mol. The minimum absolute atomic E-state index is 0.388. The van der Waals surface area contributed by atoms with Gasteiger partial charge in [0.2, 0.25) is 0 Å². The molecule has 2 rings (SSSR count). The van der Waals surface area contributed by atoms with Gasteiger partial charge in [-0.25, -0.2) is 4.98 Å². The minimum atomic E-state index is -0.801. The van der Waals surface area contributed by atoms with Gasteiger partial charge in [0.15, 0.2) is 5.16 Å². The van der Waals surface area contributed by atoms with Gasteiger partial charge in [0, 0.05) is 51.4 Å². The molecule has 6 nitrogen and oxygen atoms in total. The van der Waals surface area contributed by atoms with E-state index in [4.69, 9.17) is 4.74 Å². The molecule has 1 aliphatic heterocycles. The average Bonchev–Trinajstić information content (AvgIpc) is 2.67. The van der Waals surface area contributed by atoms with Crippen LogP contribution in [0, 0.1) is 0 Å². The average molecular weight is 286 g/mol. The molecule has 1 aromatic heterocycles. The maximum atomic E-state index is 10.3. The van der Waals surface area contributed by atoms with Gasteiger partial charge in [-0.2, -0.15) is 0 Å². The molecule has 0 radical (unpaired) electrons. The molecule has 2 heterocycles. The Bertz CT molecular complexity index is 378. The first-order chi connectivity index (χ1) is 9.20. The Labute approximate surface area is 117 Å². The molecule has 1 fully saturated rings. The van der Waals surface area contributed by atoms with Crippen LogP contribution in [0.25, 0.3) is 0 Å². The summed E-state index contributed by atoms with van der Waals surface area (Å²) in [5.74, 6) is 0.926. The van der Waals surface area contributed by atoms with Gasteiger partial charge >= 0.3 is 0 Å². The van der Waals surface area contributed by atoms with E-state index in [1.807, 2.05) is 17.8 Å². The number of ether oxygens (including phenoxy) is 1. The Morgan fingerprint density at radius 2 is 2.58 bits per heavy atom. The molecule has 0 aromatic carbocycles. The van der Waals surface area contributed by atoms with Crippen molar-refractivity contribution in [3.63, 3.8) is 0 Å². The van der Waals surface area contributed by atoms with Crippen LogP contribution in [0.1, 0.15) is 0 Å². The summed E-state index contributed by atoms with van der Waals surface area (Å²) in [5, 5.41) is 17.8. The quantitative estimate of drug-likeness (QED) is 0.482. The first-order valence-electron chi connectivity index (χ1n) is 6.51. The van der Waals surface area contributed by atoms with Crippen LogP contribution in [0.15, 0.2) is 17.6 Å². The van der Waals surface area contributed by atoms with Crippen LogP contribution in [-0.2, 0) is 11.8 Å². The number of aryl methyl sites for hydroxylation is 1. The molecule has 7 heteroatoms. The van der Waals surface area contributed by atoms with Gasteiger partial charge in [0.25, 0.3) is 0 Å². The van der Waals surface area contributed by atoms with Crippen LogP contribution in [0.2, 0.25) is 0 Å². The first-order valence-corrected chi connectivity index (χ1v) is 7.50. The summed E-state index contributed by atoms with van der Waals surface area (Å²) < 4.78 is 7.37. The van der Waals surface area contributed by atoms with E-state index in [1.54, 1.807) is 18.0 Å². The van der Waals surface area contributed by atoms with Gasteiger partial charge in [0.05, 0.1) is 13.2 Å². The summed E-state index contributed by atoms with van der Waals surface area (Å²) >= 11 is 1.70. The topological polar surface area (TPSA) is 71.3 Å². The van der Waals surface area contributed by atoms with E-state index >= 15 is 0 Å². The Balaban J connectivity index is 1.62. The van der Waals surface area contributed by atoms with E-state index in [0.717, 1.165) is 24.0 Å². The van der Waals surface area contributed by atoms with Crippen molar-refractivity contribution in [3.8, 4) is 0 Å².